The van der Waals surface area contributed by atoms with Crippen LogP contribution in [0.5, 0.6) is 5.75 Å². The minimum absolute atomic E-state index is 0.491. The van der Waals surface area contributed by atoms with Crippen LogP contribution in [0.25, 0.3) is 0 Å². The maximum absolute atomic E-state index is 13.1. The van der Waals surface area contributed by atoms with Gasteiger partial charge in [0.2, 0.25) is 0 Å². The number of rotatable bonds is 1. The molecule has 126 valence electrons. The molecule has 2 aromatic rings. The van der Waals surface area contributed by atoms with Gasteiger partial charge < -0.3 is 4.74 Å². The van der Waals surface area contributed by atoms with Crippen molar-refractivity contribution in [1.82, 2.24) is 4.90 Å². The SMILES string of the molecule is CN1C(=O)C2(Cl)C3Oc4ccccc4C3(c3ccccc3)C2(Cl)C1=O. The Labute approximate surface area is 154 Å². The van der Waals surface area contributed by atoms with Crippen LogP contribution in [-0.2, 0) is 15.0 Å². The first kappa shape index (κ1) is 15.2. The standard InChI is InChI=1S/C19H13Cl2NO3/c1-22-15(23)18(20)14-17(19(18,21)16(22)24,11-7-3-2-4-8-11)12-9-5-6-10-13(12)25-14/h2-10,14H,1H3. The van der Waals surface area contributed by atoms with Gasteiger partial charge >= 0.3 is 0 Å². The van der Waals surface area contributed by atoms with Gasteiger partial charge in [0.25, 0.3) is 11.8 Å². The highest BCUT2D eigenvalue weighted by atomic mass is 35.5. The predicted octanol–water partition coefficient (Wildman–Crippen LogP) is 2.70. The lowest BCUT2D eigenvalue weighted by Crippen LogP contribution is -2.83. The van der Waals surface area contributed by atoms with Crippen LogP contribution in [-0.4, -0.2) is 39.6 Å². The molecule has 0 spiro atoms. The van der Waals surface area contributed by atoms with Gasteiger partial charge in [0.1, 0.15) is 11.9 Å². The van der Waals surface area contributed by atoms with E-state index in [0.29, 0.717) is 5.75 Å². The van der Waals surface area contributed by atoms with Crippen molar-refractivity contribution in [3.8, 4) is 5.75 Å². The molecule has 0 N–H and O–H groups in total. The zero-order chi connectivity index (χ0) is 17.6. The van der Waals surface area contributed by atoms with Crippen molar-refractivity contribution in [2.24, 2.45) is 0 Å². The number of para-hydroxylation sites is 1. The van der Waals surface area contributed by atoms with E-state index in [1.54, 1.807) is 0 Å². The zero-order valence-electron chi connectivity index (χ0n) is 13.2. The number of amides is 2. The Bertz CT molecular complexity index is 949. The van der Waals surface area contributed by atoms with Gasteiger partial charge in [-0.1, -0.05) is 48.5 Å². The van der Waals surface area contributed by atoms with Crippen molar-refractivity contribution < 1.29 is 14.3 Å². The number of halogens is 2. The molecule has 2 fully saturated rings. The van der Waals surface area contributed by atoms with Gasteiger partial charge in [-0.25, -0.2) is 0 Å². The molecule has 2 amide bonds. The number of hydrogen-bond donors (Lipinski definition) is 0. The molecular weight excluding hydrogens is 361 g/mol. The average Bonchev–Trinajstić information content (AvgIpc) is 3.04. The van der Waals surface area contributed by atoms with E-state index < -0.39 is 33.1 Å². The van der Waals surface area contributed by atoms with Crippen LogP contribution in [0, 0.1) is 0 Å². The van der Waals surface area contributed by atoms with Crippen LogP contribution in [0.1, 0.15) is 11.1 Å². The van der Waals surface area contributed by atoms with Crippen LogP contribution < -0.4 is 4.74 Å². The quantitative estimate of drug-likeness (QED) is 0.570. The molecule has 2 aliphatic heterocycles. The first-order valence-corrected chi connectivity index (χ1v) is 8.69. The summed E-state index contributed by atoms with van der Waals surface area (Å²) in [5.74, 6) is -0.401. The number of alkyl halides is 2. The Morgan fingerprint density at radius 3 is 2.32 bits per heavy atom. The third kappa shape index (κ3) is 1.27. The molecule has 4 atom stereocenters. The Balaban J connectivity index is 1.89. The van der Waals surface area contributed by atoms with Crippen LogP contribution in [0.3, 0.4) is 0 Å². The summed E-state index contributed by atoms with van der Waals surface area (Å²) in [6.45, 7) is 0. The molecule has 1 aliphatic carbocycles. The maximum atomic E-state index is 13.1. The van der Waals surface area contributed by atoms with E-state index in [2.05, 4.69) is 0 Å². The van der Waals surface area contributed by atoms with Gasteiger partial charge in [-0.2, -0.15) is 0 Å². The van der Waals surface area contributed by atoms with Crippen molar-refractivity contribution in [2.75, 3.05) is 7.05 Å². The largest absolute Gasteiger partial charge is 0.486 e. The molecule has 3 aliphatic rings. The number of carbonyl (C=O) groups is 2. The molecule has 1 saturated carbocycles. The van der Waals surface area contributed by atoms with Crippen molar-refractivity contribution >= 4 is 35.0 Å². The van der Waals surface area contributed by atoms with E-state index in [1.165, 1.54) is 7.05 Å². The van der Waals surface area contributed by atoms with Crippen LogP contribution >= 0.6 is 23.2 Å². The minimum Gasteiger partial charge on any atom is -0.486 e. The predicted molar refractivity (Wildman–Crippen MR) is 93.0 cm³/mol. The van der Waals surface area contributed by atoms with Gasteiger partial charge in [0.15, 0.2) is 9.75 Å². The first-order valence-electron chi connectivity index (χ1n) is 7.94. The highest BCUT2D eigenvalue weighted by molar-refractivity contribution is 6.56. The van der Waals surface area contributed by atoms with E-state index in [4.69, 9.17) is 27.9 Å². The van der Waals surface area contributed by atoms with Crippen LogP contribution in [0.15, 0.2) is 54.6 Å². The second-order valence-electron chi connectivity index (χ2n) is 6.71. The number of nitrogens with zero attached hydrogens (tertiary/aromatic N) is 1. The second kappa shape index (κ2) is 4.37. The Kier molecular flexibility index (Phi) is 2.67. The Hall–Kier alpha value is -2.04. The number of carbonyl (C=O) groups excluding carboxylic acids is 2. The monoisotopic (exact) mass is 373 g/mol. The van der Waals surface area contributed by atoms with E-state index in [9.17, 15) is 9.59 Å². The van der Waals surface area contributed by atoms with E-state index in [-0.39, 0.29) is 0 Å². The summed E-state index contributed by atoms with van der Waals surface area (Å²) in [5, 5.41) is 0. The van der Waals surface area contributed by atoms with Crippen molar-refractivity contribution in [3.05, 3.63) is 65.7 Å². The van der Waals surface area contributed by atoms with E-state index in [0.717, 1.165) is 16.0 Å². The zero-order valence-corrected chi connectivity index (χ0v) is 14.7. The van der Waals surface area contributed by atoms with Crippen molar-refractivity contribution in [3.63, 3.8) is 0 Å². The Morgan fingerprint density at radius 1 is 0.960 bits per heavy atom. The van der Waals surface area contributed by atoms with E-state index in [1.807, 2.05) is 54.6 Å². The van der Waals surface area contributed by atoms with Crippen molar-refractivity contribution in [2.45, 2.75) is 21.3 Å². The molecule has 1 saturated heterocycles. The third-order valence-electron chi connectivity index (χ3n) is 5.80. The highest BCUT2D eigenvalue weighted by Crippen LogP contribution is 2.74. The topological polar surface area (TPSA) is 46.6 Å². The number of fused-ring (bicyclic) bond motifs is 6. The van der Waals surface area contributed by atoms with Crippen molar-refractivity contribution in [1.29, 1.82) is 0 Å². The summed E-state index contributed by atoms with van der Waals surface area (Å²) >= 11 is 13.7. The lowest BCUT2D eigenvalue weighted by molar-refractivity contribution is -0.137. The number of imide groups is 1. The summed E-state index contributed by atoms with van der Waals surface area (Å²) in [6, 6.07) is 16.8. The molecule has 25 heavy (non-hydrogen) atoms. The van der Waals surface area contributed by atoms with Gasteiger partial charge in [-0.15, -0.1) is 23.2 Å². The second-order valence-corrected chi connectivity index (χ2v) is 7.87. The molecule has 5 rings (SSSR count). The minimum atomic E-state index is -1.63. The normalized spacial score (nSPS) is 37.9. The number of likely N-dealkylation sites (tertiary alicyclic amines) is 1. The van der Waals surface area contributed by atoms with Crippen LogP contribution in [0.2, 0.25) is 0 Å². The smallest absolute Gasteiger partial charge is 0.256 e. The molecule has 2 heterocycles. The maximum Gasteiger partial charge on any atom is 0.256 e. The number of hydrogen-bond acceptors (Lipinski definition) is 3. The third-order valence-corrected chi connectivity index (χ3v) is 7.30. The average molecular weight is 374 g/mol. The molecule has 0 radical (unpaired) electrons. The molecular formula is C19H13Cl2NO3. The van der Waals surface area contributed by atoms with E-state index >= 15 is 0 Å². The number of ether oxygens (including phenoxy) is 1. The molecule has 6 heteroatoms. The molecule has 4 nitrogen and oxygen atoms in total. The van der Waals surface area contributed by atoms with Gasteiger partial charge in [-0.3, -0.25) is 14.5 Å². The molecule has 2 aromatic carbocycles. The summed E-state index contributed by atoms with van der Waals surface area (Å²) in [4.78, 5) is 23.6. The first-order chi connectivity index (χ1) is 11.9. The number of benzene rings is 2. The van der Waals surface area contributed by atoms with Crippen LogP contribution in [0.4, 0.5) is 0 Å². The Morgan fingerprint density at radius 2 is 1.60 bits per heavy atom. The molecule has 0 aromatic heterocycles. The summed E-state index contributed by atoms with van der Waals surface area (Å²) in [5.41, 5.74) is 0.590. The fourth-order valence-corrected chi connectivity index (χ4v) is 5.93. The lowest BCUT2D eigenvalue weighted by atomic mass is 9.47. The van der Waals surface area contributed by atoms with Gasteiger partial charge in [0, 0.05) is 12.6 Å². The summed E-state index contributed by atoms with van der Waals surface area (Å²) in [7, 11) is 1.41. The van der Waals surface area contributed by atoms with Gasteiger partial charge in [0.05, 0.1) is 5.41 Å². The summed E-state index contributed by atoms with van der Waals surface area (Å²) < 4.78 is 6.10. The molecule has 4 unspecified atom stereocenters. The highest BCUT2D eigenvalue weighted by Gasteiger charge is 2.93. The fraction of sp³-hybridized carbons (Fsp3) is 0.263. The summed E-state index contributed by atoms with van der Waals surface area (Å²) in [6.07, 6.45) is -0.750. The van der Waals surface area contributed by atoms with Gasteiger partial charge in [-0.05, 0) is 11.6 Å². The lowest BCUT2D eigenvalue weighted by Gasteiger charge is -2.60. The molecule has 0 bridgehead atoms. The fourth-order valence-electron chi connectivity index (χ4n) is 4.75.